The monoisotopic (exact) mass is 546 g/mol. The van der Waals surface area contributed by atoms with E-state index in [1.54, 1.807) is 49.4 Å². The molecular formula is C30H26N8O3. The molecule has 0 aliphatic rings. The van der Waals surface area contributed by atoms with Crippen molar-refractivity contribution >= 4 is 34.2 Å². The van der Waals surface area contributed by atoms with Crippen molar-refractivity contribution in [1.82, 2.24) is 34.8 Å². The highest BCUT2D eigenvalue weighted by Gasteiger charge is 2.24. The highest BCUT2D eigenvalue weighted by molar-refractivity contribution is 5.98. The third kappa shape index (κ3) is 5.39. The third-order valence-electron chi connectivity index (χ3n) is 6.27. The lowest BCUT2D eigenvalue weighted by atomic mass is 10.1. The number of benzene rings is 2. The third-order valence-corrected chi connectivity index (χ3v) is 6.27. The molecule has 0 aliphatic carbocycles. The van der Waals surface area contributed by atoms with Gasteiger partial charge in [0.1, 0.15) is 5.82 Å². The van der Waals surface area contributed by atoms with Crippen molar-refractivity contribution in [3.63, 3.8) is 0 Å². The van der Waals surface area contributed by atoms with Crippen molar-refractivity contribution in [2.75, 3.05) is 12.3 Å². The highest BCUT2D eigenvalue weighted by atomic mass is 16.2. The topological polar surface area (TPSA) is 149 Å². The van der Waals surface area contributed by atoms with Gasteiger partial charge >= 0.3 is 0 Å². The molecule has 0 aliphatic heterocycles. The summed E-state index contributed by atoms with van der Waals surface area (Å²) < 4.78 is 2.84. The number of nitrogens with zero attached hydrogens (tertiary/aromatic N) is 5. The number of para-hydroxylation sites is 1. The molecule has 0 unspecified atom stereocenters. The number of hydrogen-bond donors (Lipinski definition) is 3. The van der Waals surface area contributed by atoms with E-state index in [0.717, 1.165) is 0 Å². The van der Waals surface area contributed by atoms with E-state index in [9.17, 15) is 14.4 Å². The quantitative estimate of drug-likeness (QED) is 0.161. The van der Waals surface area contributed by atoms with Gasteiger partial charge in [0.2, 0.25) is 5.91 Å². The van der Waals surface area contributed by atoms with Crippen LogP contribution in [0.2, 0.25) is 0 Å². The molecule has 0 spiro atoms. The average Bonchev–Trinajstić information content (AvgIpc) is 3.32. The molecule has 5 rings (SSSR count). The van der Waals surface area contributed by atoms with E-state index in [2.05, 4.69) is 39.1 Å². The van der Waals surface area contributed by atoms with Gasteiger partial charge in [0.05, 0.1) is 22.6 Å². The lowest BCUT2D eigenvalue weighted by Crippen LogP contribution is -2.34. The zero-order valence-corrected chi connectivity index (χ0v) is 22.2. The number of fused-ring (bicyclic) bond motifs is 2. The van der Waals surface area contributed by atoms with Crippen LogP contribution in [0.1, 0.15) is 41.3 Å². The second-order valence-electron chi connectivity index (χ2n) is 9.03. The maximum atomic E-state index is 14.1. The minimum Gasteiger partial charge on any atom is -0.382 e. The second kappa shape index (κ2) is 11.5. The predicted octanol–water partition coefficient (Wildman–Crippen LogP) is 2.55. The molecule has 0 radical (unpaired) electrons. The normalized spacial score (nSPS) is 11.4. The smallest absolute Gasteiger partial charge is 0.274 e. The molecule has 11 heteroatoms. The number of carbonyl (C=O) groups excluding carboxylic acids is 2. The number of hydrogen-bond acceptors (Lipinski definition) is 7. The van der Waals surface area contributed by atoms with Crippen LogP contribution < -0.4 is 21.9 Å². The molecule has 204 valence electrons. The molecule has 5 aromatic rings. The Hall–Kier alpha value is -5.76. The first kappa shape index (κ1) is 26.8. The van der Waals surface area contributed by atoms with E-state index in [4.69, 9.17) is 10.7 Å². The fourth-order valence-corrected chi connectivity index (χ4v) is 4.39. The first-order valence-corrected chi connectivity index (χ1v) is 12.8. The van der Waals surface area contributed by atoms with E-state index in [-0.39, 0.29) is 23.0 Å². The molecule has 2 amide bonds. The molecule has 0 saturated carbocycles. The number of amides is 2. The van der Waals surface area contributed by atoms with Crippen LogP contribution in [0.25, 0.3) is 22.2 Å². The predicted molar refractivity (Wildman–Crippen MR) is 155 cm³/mol. The van der Waals surface area contributed by atoms with Gasteiger partial charge in [0.15, 0.2) is 17.2 Å². The maximum Gasteiger partial charge on any atom is 0.274 e. The SMILES string of the molecule is C=CC(=O)NCCC#Cc1cccc2nc([C@@H](C)NC(=O)c3c(N)nc4cccnn34)n(-c3ccccc3)c(=O)c12. The summed E-state index contributed by atoms with van der Waals surface area (Å²) in [6.45, 7) is 5.51. The molecular weight excluding hydrogens is 520 g/mol. The van der Waals surface area contributed by atoms with Gasteiger partial charge in [0, 0.05) is 24.7 Å². The Morgan fingerprint density at radius 3 is 2.68 bits per heavy atom. The van der Waals surface area contributed by atoms with Gasteiger partial charge in [-0.05, 0) is 49.4 Å². The van der Waals surface area contributed by atoms with Gasteiger partial charge in [-0.25, -0.2) is 14.5 Å². The molecule has 0 saturated heterocycles. The fraction of sp³-hybridized carbons (Fsp3) is 0.133. The van der Waals surface area contributed by atoms with Gasteiger partial charge in [-0.1, -0.05) is 42.7 Å². The number of imidazole rings is 1. The van der Waals surface area contributed by atoms with Crippen LogP contribution in [0.5, 0.6) is 0 Å². The van der Waals surface area contributed by atoms with Crippen LogP contribution in [-0.4, -0.2) is 42.5 Å². The number of nitrogens with two attached hydrogens (primary N) is 1. The first-order chi connectivity index (χ1) is 19.9. The Balaban J connectivity index is 1.56. The first-order valence-electron chi connectivity index (χ1n) is 12.8. The fourth-order valence-electron chi connectivity index (χ4n) is 4.39. The zero-order chi connectivity index (χ0) is 28.9. The number of aromatic nitrogens is 5. The molecule has 41 heavy (non-hydrogen) atoms. The summed E-state index contributed by atoms with van der Waals surface area (Å²) in [5.41, 5.74) is 7.75. The van der Waals surface area contributed by atoms with Crippen LogP contribution >= 0.6 is 0 Å². The molecule has 2 aromatic carbocycles. The summed E-state index contributed by atoms with van der Waals surface area (Å²) in [4.78, 5) is 47.8. The Morgan fingerprint density at radius 2 is 1.90 bits per heavy atom. The van der Waals surface area contributed by atoms with Crippen molar-refractivity contribution < 1.29 is 9.59 Å². The van der Waals surface area contributed by atoms with Crippen molar-refractivity contribution in [3.05, 3.63) is 107 Å². The molecule has 0 bridgehead atoms. The molecule has 4 N–H and O–H groups in total. The molecule has 3 aromatic heterocycles. The van der Waals surface area contributed by atoms with Crippen LogP contribution in [-0.2, 0) is 4.79 Å². The Morgan fingerprint density at radius 1 is 1.10 bits per heavy atom. The number of carbonyl (C=O) groups is 2. The van der Waals surface area contributed by atoms with E-state index in [0.29, 0.717) is 46.6 Å². The summed E-state index contributed by atoms with van der Waals surface area (Å²) in [6.07, 6.45) is 3.11. The lowest BCUT2D eigenvalue weighted by molar-refractivity contribution is -0.116. The molecule has 0 fully saturated rings. The zero-order valence-electron chi connectivity index (χ0n) is 22.2. The van der Waals surface area contributed by atoms with Crippen molar-refractivity contribution in [2.24, 2.45) is 0 Å². The Kier molecular flexibility index (Phi) is 7.56. The number of nitrogens with one attached hydrogen (secondary N) is 2. The van der Waals surface area contributed by atoms with Gasteiger partial charge in [0.25, 0.3) is 11.5 Å². The summed E-state index contributed by atoms with van der Waals surface area (Å²) in [5.74, 6) is 5.60. The summed E-state index contributed by atoms with van der Waals surface area (Å²) >= 11 is 0. The van der Waals surface area contributed by atoms with Gasteiger partial charge in [-0.3, -0.25) is 19.0 Å². The molecule has 11 nitrogen and oxygen atoms in total. The van der Waals surface area contributed by atoms with E-state index in [1.807, 2.05) is 18.2 Å². The Bertz CT molecular complexity index is 1920. The summed E-state index contributed by atoms with van der Waals surface area (Å²) in [6, 6.07) is 17.0. The van der Waals surface area contributed by atoms with Crippen LogP contribution in [0.3, 0.4) is 0 Å². The average molecular weight is 547 g/mol. The maximum absolute atomic E-state index is 14.1. The number of anilines is 1. The number of nitrogen functional groups attached to an aromatic ring is 1. The van der Waals surface area contributed by atoms with Crippen molar-refractivity contribution in [1.29, 1.82) is 0 Å². The van der Waals surface area contributed by atoms with Gasteiger partial charge in [-0.2, -0.15) is 5.10 Å². The summed E-state index contributed by atoms with van der Waals surface area (Å²) in [7, 11) is 0. The van der Waals surface area contributed by atoms with Crippen LogP contribution in [0.4, 0.5) is 5.82 Å². The standard InChI is InChI=1S/C30H26N8O3/c1-3-24(39)32-17-8-7-11-20-12-9-15-22-25(20)30(41)37(21-13-5-4-6-14-21)28(35-22)19(2)34-29(40)26-27(31)36-23-16-10-18-33-38(23)26/h3-6,9-10,12-16,18-19H,1,8,17,31H2,2H3,(H,32,39)(H,34,40)/t19-/m1/s1. The van der Waals surface area contributed by atoms with Crippen molar-refractivity contribution in [3.8, 4) is 17.5 Å². The van der Waals surface area contributed by atoms with Gasteiger partial charge in [-0.15, -0.1) is 0 Å². The Labute approximate surface area is 234 Å². The highest BCUT2D eigenvalue weighted by Crippen LogP contribution is 2.21. The van der Waals surface area contributed by atoms with E-state index in [1.165, 1.54) is 21.4 Å². The van der Waals surface area contributed by atoms with Crippen molar-refractivity contribution in [2.45, 2.75) is 19.4 Å². The minimum atomic E-state index is -0.711. The van der Waals surface area contributed by atoms with E-state index < -0.39 is 11.9 Å². The number of rotatable bonds is 7. The summed E-state index contributed by atoms with van der Waals surface area (Å²) in [5, 5.41) is 10.1. The minimum absolute atomic E-state index is 0.0348. The van der Waals surface area contributed by atoms with Gasteiger partial charge < -0.3 is 16.4 Å². The second-order valence-corrected chi connectivity index (χ2v) is 9.03. The van der Waals surface area contributed by atoms with Crippen LogP contribution in [0, 0.1) is 11.8 Å². The largest absolute Gasteiger partial charge is 0.382 e. The molecule has 1 atom stereocenters. The van der Waals surface area contributed by atoms with E-state index >= 15 is 0 Å². The van der Waals surface area contributed by atoms with Crippen LogP contribution in [0.15, 0.2) is 84.3 Å². The lowest BCUT2D eigenvalue weighted by Gasteiger charge is -2.20. The molecule has 3 heterocycles.